The molecule has 0 radical (unpaired) electrons. The molecule has 1 aromatic rings. The highest BCUT2D eigenvalue weighted by molar-refractivity contribution is 5.94. The fourth-order valence-electron chi connectivity index (χ4n) is 4.44. The molecule has 1 saturated heterocycles. The SMILES string of the molecule is O=C(c1ccncc1)N1CCO[C@H]2[C@H](OCC3CCCC3)CC[C@@H]21. The van der Waals surface area contributed by atoms with Crippen molar-refractivity contribution in [1.82, 2.24) is 9.88 Å². The Bertz CT molecular complexity index is 559. The fraction of sp³-hybridized carbons (Fsp3) is 0.684. The number of fused-ring (bicyclic) bond motifs is 1. The summed E-state index contributed by atoms with van der Waals surface area (Å²) in [6.07, 6.45) is 10.8. The third-order valence-electron chi connectivity index (χ3n) is 5.74. The maximum Gasteiger partial charge on any atom is 0.254 e. The number of nitrogens with zero attached hydrogens (tertiary/aromatic N) is 2. The molecule has 0 N–H and O–H groups in total. The molecule has 0 unspecified atom stereocenters. The molecule has 2 saturated carbocycles. The Hall–Kier alpha value is -1.46. The third kappa shape index (κ3) is 3.20. The zero-order chi connectivity index (χ0) is 16.4. The van der Waals surface area contributed by atoms with Gasteiger partial charge in [0, 0.05) is 31.1 Å². The number of hydrogen-bond donors (Lipinski definition) is 0. The van der Waals surface area contributed by atoms with E-state index in [9.17, 15) is 4.79 Å². The topological polar surface area (TPSA) is 51.7 Å². The standard InChI is InChI=1S/C19H26N2O3/c22-19(15-7-9-20-10-8-15)21-11-12-23-18-16(21)5-6-17(18)24-13-14-3-1-2-4-14/h7-10,14,16-18H,1-6,11-13H2/t16-,17+,18+/m0/s1. The summed E-state index contributed by atoms with van der Waals surface area (Å²) in [5, 5.41) is 0. The van der Waals surface area contributed by atoms with Gasteiger partial charge in [-0.05, 0) is 43.7 Å². The van der Waals surface area contributed by atoms with E-state index in [1.807, 2.05) is 4.90 Å². The first kappa shape index (κ1) is 16.0. The molecule has 3 aliphatic rings. The quantitative estimate of drug-likeness (QED) is 0.852. The van der Waals surface area contributed by atoms with Crippen LogP contribution < -0.4 is 0 Å². The average molecular weight is 330 g/mol. The molecule has 5 heteroatoms. The second-order valence-corrected chi connectivity index (χ2v) is 7.24. The minimum absolute atomic E-state index is 0.0333. The van der Waals surface area contributed by atoms with Crippen LogP contribution in [0.2, 0.25) is 0 Å². The van der Waals surface area contributed by atoms with Gasteiger partial charge in [-0.3, -0.25) is 9.78 Å². The van der Waals surface area contributed by atoms with Gasteiger partial charge < -0.3 is 14.4 Å². The fourth-order valence-corrected chi connectivity index (χ4v) is 4.44. The molecule has 2 heterocycles. The molecule has 3 atom stereocenters. The monoisotopic (exact) mass is 330 g/mol. The van der Waals surface area contributed by atoms with Crippen molar-refractivity contribution in [1.29, 1.82) is 0 Å². The maximum atomic E-state index is 12.8. The van der Waals surface area contributed by atoms with Crippen LogP contribution in [0.3, 0.4) is 0 Å². The van der Waals surface area contributed by atoms with Crippen LogP contribution in [0.5, 0.6) is 0 Å². The highest BCUT2D eigenvalue weighted by atomic mass is 16.5. The number of ether oxygens (including phenoxy) is 2. The van der Waals surface area contributed by atoms with E-state index < -0.39 is 0 Å². The van der Waals surface area contributed by atoms with Crippen molar-refractivity contribution in [2.45, 2.75) is 56.8 Å². The third-order valence-corrected chi connectivity index (χ3v) is 5.74. The van der Waals surface area contributed by atoms with Crippen LogP contribution in [-0.2, 0) is 9.47 Å². The lowest BCUT2D eigenvalue weighted by atomic mass is 10.1. The van der Waals surface area contributed by atoms with Crippen LogP contribution in [-0.4, -0.2) is 53.8 Å². The minimum atomic E-state index is 0.0333. The molecule has 1 aliphatic heterocycles. The van der Waals surface area contributed by atoms with E-state index in [2.05, 4.69) is 4.98 Å². The van der Waals surface area contributed by atoms with Crippen LogP contribution in [0.4, 0.5) is 0 Å². The first-order valence-corrected chi connectivity index (χ1v) is 9.27. The summed E-state index contributed by atoms with van der Waals surface area (Å²) in [5.41, 5.74) is 0.709. The molecule has 4 rings (SSSR count). The molecule has 3 fully saturated rings. The Kier molecular flexibility index (Phi) is 4.81. The molecule has 0 aromatic carbocycles. The average Bonchev–Trinajstić information content (AvgIpc) is 3.29. The van der Waals surface area contributed by atoms with Gasteiger partial charge in [-0.25, -0.2) is 0 Å². The summed E-state index contributed by atoms with van der Waals surface area (Å²) >= 11 is 0. The molecule has 0 bridgehead atoms. The van der Waals surface area contributed by atoms with Crippen molar-refractivity contribution >= 4 is 5.91 Å². The van der Waals surface area contributed by atoms with E-state index in [1.165, 1.54) is 25.7 Å². The van der Waals surface area contributed by atoms with Crippen LogP contribution >= 0.6 is 0 Å². The van der Waals surface area contributed by atoms with Gasteiger partial charge in [0.25, 0.3) is 5.91 Å². The van der Waals surface area contributed by atoms with Gasteiger partial charge in [-0.15, -0.1) is 0 Å². The van der Waals surface area contributed by atoms with Crippen LogP contribution in [0.15, 0.2) is 24.5 Å². The normalized spacial score (nSPS) is 30.5. The molecule has 1 amide bonds. The first-order valence-electron chi connectivity index (χ1n) is 9.27. The number of rotatable bonds is 4. The van der Waals surface area contributed by atoms with Crippen molar-refractivity contribution in [3.63, 3.8) is 0 Å². The number of morpholine rings is 1. The summed E-state index contributed by atoms with van der Waals surface area (Å²) in [6.45, 7) is 2.12. The molecule has 1 aromatic heterocycles. The summed E-state index contributed by atoms with van der Waals surface area (Å²) in [4.78, 5) is 18.8. The Morgan fingerprint density at radius 1 is 1.21 bits per heavy atom. The van der Waals surface area contributed by atoms with E-state index in [-0.39, 0.29) is 24.2 Å². The zero-order valence-corrected chi connectivity index (χ0v) is 14.1. The summed E-state index contributed by atoms with van der Waals surface area (Å²) in [6, 6.07) is 3.72. The second-order valence-electron chi connectivity index (χ2n) is 7.24. The van der Waals surface area contributed by atoms with Crippen LogP contribution in [0.1, 0.15) is 48.9 Å². The Labute approximate surface area is 143 Å². The lowest BCUT2D eigenvalue weighted by molar-refractivity contribution is -0.109. The van der Waals surface area contributed by atoms with Gasteiger partial charge in [0.1, 0.15) is 6.10 Å². The molecular weight excluding hydrogens is 304 g/mol. The number of aromatic nitrogens is 1. The van der Waals surface area contributed by atoms with E-state index >= 15 is 0 Å². The van der Waals surface area contributed by atoms with E-state index in [4.69, 9.17) is 9.47 Å². The van der Waals surface area contributed by atoms with Crippen molar-refractivity contribution < 1.29 is 14.3 Å². The van der Waals surface area contributed by atoms with Gasteiger partial charge in [0.2, 0.25) is 0 Å². The largest absolute Gasteiger partial charge is 0.375 e. The van der Waals surface area contributed by atoms with Gasteiger partial charge in [-0.1, -0.05) is 12.8 Å². The summed E-state index contributed by atoms with van der Waals surface area (Å²) in [7, 11) is 0. The van der Waals surface area contributed by atoms with Gasteiger partial charge in [-0.2, -0.15) is 0 Å². The van der Waals surface area contributed by atoms with E-state index in [1.54, 1.807) is 24.5 Å². The van der Waals surface area contributed by atoms with Crippen LogP contribution in [0, 0.1) is 5.92 Å². The number of carbonyl (C=O) groups excluding carboxylic acids is 1. The smallest absolute Gasteiger partial charge is 0.254 e. The minimum Gasteiger partial charge on any atom is -0.375 e. The molecule has 130 valence electrons. The lowest BCUT2D eigenvalue weighted by Gasteiger charge is -2.39. The molecule has 0 spiro atoms. The predicted octanol–water partition coefficient (Wildman–Crippen LogP) is 2.66. The predicted molar refractivity (Wildman–Crippen MR) is 89.7 cm³/mol. The van der Waals surface area contributed by atoms with Gasteiger partial charge in [0.15, 0.2) is 0 Å². The first-order chi connectivity index (χ1) is 11.8. The Morgan fingerprint density at radius 2 is 2.00 bits per heavy atom. The maximum absolute atomic E-state index is 12.8. The molecule has 24 heavy (non-hydrogen) atoms. The van der Waals surface area contributed by atoms with Crippen molar-refractivity contribution in [3.05, 3.63) is 30.1 Å². The summed E-state index contributed by atoms with van der Waals surface area (Å²) < 4.78 is 12.2. The van der Waals surface area contributed by atoms with E-state index in [0.717, 1.165) is 25.4 Å². The van der Waals surface area contributed by atoms with Crippen molar-refractivity contribution in [2.75, 3.05) is 19.8 Å². The Morgan fingerprint density at radius 3 is 2.79 bits per heavy atom. The van der Waals surface area contributed by atoms with Gasteiger partial charge in [0.05, 0.1) is 18.8 Å². The summed E-state index contributed by atoms with van der Waals surface area (Å²) in [5.74, 6) is 0.814. The number of hydrogen-bond acceptors (Lipinski definition) is 4. The van der Waals surface area contributed by atoms with Crippen molar-refractivity contribution in [3.8, 4) is 0 Å². The molecule has 2 aliphatic carbocycles. The highest BCUT2D eigenvalue weighted by Gasteiger charge is 2.45. The zero-order valence-electron chi connectivity index (χ0n) is 14.1. The van der Waals surface area contributed by atoms with Gasteiger partial charge >= 0.3 is 0 Å². The number of carbonyl (C=O) groups is 1. The van der Waals surface area contributed by atoms with Crippen molar-refractivity contribution in [2.24, 2.45) is 5.92 Å². The highest BCUT2D eigenvalue weighted by Crippen LogP contribution is 2.34. The number of pyridine rings is 1. The lowest BCUT2D eigenvalue weighted by Crippen LogP contribution is -2.54. The molecule has 5 nitrogen and oxygen atoms in total. The number of amides is 1. The molecular formula is C19H26N2O3. The second kappa shape index (κ2) is 7.19. The van der Waals surface area contributed by atoms with Crippen LogP contribution in [0.25, 0.3) is 0 Å². The van der Waals surface area contributed by atoms with E-state index in [0.29, 0.717) is 18.7 Å². The Balaban J connectivity index is 1.40.